The molecule has 0 aromatic heterocycles. The van der Waals surface area contributed by atoms with E-state index in [1.165, 1.54) is 11.1 Å². The molecule has 72 valence electrons. The molecule has 0 atom stereocenters. The zero-order valence-electron chi connectivity index (χ0n) is 8.63. The van der Waals surface area contributed by atoms with Gasteiger partial charge in [0.2, 0.25) is 0 Å². The Morgan fingerprint density at radius 2 is 1.31 bits per heavy atom. The Balaban J connectivity index is 0.000000252. The molecule has 0 heterocycles. The highest BCUT2D eigenvalue weighted by atomic mass is 28.3. The highest BCUT2D eigenvalue weighted by Crippen LogP contribution is 2.02. The molecule has 0 saturated carbocycles. The van der Waals surface area contributed by atoms with Crippen molar-refractivity contribution < 1.29 is 8.85 Å². The fraction of sp³-hybridized carbons (Fsp3) is 0.400. The van der Waals surface area contributed by atoms with Gasteiger partial charge in [-0.25, -0.2) is 0 Å². The van der Waals surface area contributed by atoms with Crippen LogP contribution in [0.3, 0.4) is 0 Å². The summed E-state index contributed by atoms with van der Waals surface area (Å²) >= 11 is 0. The minimum atomic E-state index is 0.198. The van der Waals surface area contributed by atoms with Crippen LogP contribution in [-0.2, 0) is 8.85 Å². The summed E-state index contributed by atoms with van der Waals surface area (Å²) in [6, 6.07) is 8.36. The van der Waals surface area contributed by atoms with Crippen LogP contribution < -0.4 is 0 Å². The maximum atomic E-state index is 4.50. The largest absolute Gasteiger partial charge is 0.432 e. The molecule has 0 spiro atoms. The second-order valence-corrected chi connectivity index (χ2v) is 3.56. The Bertz CT molecular complexity index is 203. The molecule has 0 aliphatic rings. The standard InChI is InChI=1S/C8H10.C2H6O2Si/c1-7-5-3-4-6-8(7)2;1-3-5-4-2/h3-6H,1-2H3;1-2H3. The third-order valence-corrected chi connectivity index (χ3v) is 1.93. The van der Waals surface area contributed by atoms with Gasteiger partial charge in [0.25, 0.3) is 0 Å². The van der Waals surface area contributed by atoms with Crippen molar-refractivity contribution in [3.05, 3.63) is 35.4 Å². The van der Waals surface area contributed by atoms with E-state index in [1.54, 1.807) is 14.2 Å². The fourth-order valence-electron chi connectivity index (χ4n) is 0.746. The lowest BCUT2D eigenvalue weighted by Crippen LogP contribution is -1.93. The van der Waals surface area contributed by atoms with Crippen molar-refractivity contribution in [3.8, 4) is 0 Å². The molecule has 0 N–H and O–H groups in total. The van der Waals surface area contributed by atoms with Gasteiger partial charge in [-0.1, -0.05) is 24.3 Å². The number of rotatable bonds is 2. The molecule has 0 saturated heterocycles. The Labute approximate surface area is 82.9 Å². The van der Waals surface area contributed by atoms with Crippen molar-refractivity contribution in [1.82, 2.24) is 0 Å². The minimum absolute atomic E-state index is 0.198. The van der Waals surface area contributed by atoms with Gasteiger partial charge in [-0.15, -0.1) is 0 Å². The zero-order valence-corrected chi connectivity index (χ0v) is 9.63. The van der Waals surface area contributed by atoms with Gasteiger partial charge in [0.15, 0.2) is 0 Å². The van der Waals surface area contributed by atoms with Gasteiger partial charge < -0.3 is 8.85 Å². The average molecular weight is 196 g/mol. The van der Waals surface area contributed by atoms with Gasteiger partial charge in [0.1, 0.15) is 0 Å². The number of hydrogen-bond donors (Lipinski definition) is 0. The third-order valence-electron chi connectivity index (χ3n) is 1.59. The first-order chi connectivity index (χ1) is 6.22. The topological polar surface area (TPSA) is 18.5 Å². The van der Waals surface area contributed by atoms with Crippen LogP contribution in [-0.4, -0.2) is 24.2 Å². The van der Waals surface area contributed by atoms with E-state index in [-0.39, 0.29) is 10.0 Å². The second-order valence-electron chi connectivity index (χ2n) is 2.58. The van der Waals surface area contributed by atoms with E-state index in [4.69, 9.17) is 0 Å². The van der Waals surface area contributed by atoms with Crippen LogP contribution in [0.4, 0.5) is 0 Å². The van der Waals surface area contributed by atoms with Gasteiger partial charge in [-0.05, 0) is 25.0 Å². The van der Waals surface area contributed by atoms with Crippen LogP contribution in [0.1, 0.15) is 11.1 Å². The van der Waals surface area contributed by atoms with Gasteiger partial charge >= 0.3 is 10.0 Å². The first kappa shape index (κ1) is 12.4. The summed E-state index contributed by atoms with van der Waals surface area (Å²) in [5.41, 5.74) is 2.74. The van der Waals surface area contributed by atoms with Gasteiger partial charge in [-0.3, -0.25) is 0 Å². The lowest BCUT2D eigenvalue weighted by Gasteiger charge is -1.93. The van der Waals surface area contributed by atoms with Crippen molar-refractivity contribution >= 4 is 10.0 Å². The summed E-state index contributed by atoms with van der Waals surface area (Å²) in [6.45, 7) is 4.24. The van der Waals surface area contributed by atoms with E-state index in [2.05, 4.69) is 47.0 Å². The van der Waals surface area contributed by atoms with E-state index in [1.807, 2.05) is 0 Å². The Hall–Kier alpha value is -0.643. The summed E-state index contributed by atoms with van der Waals surface area (Å²) in [4.78, 5) is 0. The highest BCUT2D eigenvalue weighted by molar-refractivity contribution is 6.17. The molecule has 2 radical (unpaired) electrons. The molecule has 1 rings (SSSR count). The molecule has 13 heavy (non-hydrogen) atoms. The molecule has 0 aliphatic heterocycles. The number of benzene rings is 1. The quantitative estimate of drug-likeness (QED) is 0.675. The van der Waals surface area contributed by atoms with Crippen molar-refractivity contribution in [3.63, 3.8) is 0 Å². The lowest BCUT2D eigenvalue weighted by atomic mass is 10.1. The molecule has 1 aromatic rings. The number of aryl methyl sites for hydroxylation is 2. The maximum absolute atomic E-state index is 4.50. The summed E-state index contributed by atoms with van der Waals surface area (Å²) < 4.78 is 8.99. The number of hydrogen-bond acceptors (Lipinski definition) is 2. The summed E-state index contributed by atoms with van der Waals surface area (Å²) in [5, 5.41) is 0. The summed E-state index contributed by atoms with van der Waals surface area (Å²) in [7, 11) is 3.40. The smallest absolute Gasteiger partial charge is 0.396 e. The monoisotopic (exact) mass is 196 g/mol. The molecule has 3 heteroatoms. The summed E-state index contributed by atoms with van der Waals surface area (Å²) in [6.07, 6.45) is 0. The van der Waals surface area contributed by atoms with Crippen LogP contribution in [0.15, 0.2) is 24.3 Å². The Morgan fingerprint density at radius 3 is 1.46 bits per heavy atom. The first-order valence-electron chi connectivity index (χ1n) is 4.05. The third kappa shape index (κ3) is 6.51. The van der Waals surface area contributed by atoms with Crippen molar-refractivity contribution in [2.75, 3.05) is 14.2 Å². The molecule has 0 bridgehead atoms. The van der Waals surface area contributed by atoms with Crippen LogP contribution in [0.25, 0.3) is 0 Å². The van der Waals surface area contributed by atoms with E-state index in [0.29, 0.717) is 0 Å². The lowest BCUT2D eigenvalue weighted by molar-refractivity contribution is 0.309. The predicted octanol–water partition coefficient (Wildman–Crippen LogP) is 2.12. The van der Waals surface area contributed by atoms with Crippen molar-refractivity contribution in [2.45, 2.75) is 13.8 Å². The van der Waals surface area contributed by atoms with Gasteiger partial charge in [0, 0.05) is 14.2 Å². The zero-order chi connectivity index (χ0) is 10.1. The molecular formula is C10H16O2Si. The molecule has 1 aromatic carbocycles. The molecule has 0 unspecified atom stereocenters. The Kier molecular flexibility index (Phi) is 7.58. The Morgan fingerprint density at radius 1 is 0.923 bits per heavy atom. The minimum Gasteiger partial charge on any atom is -0.396 e. The van der Waals surface area contributed by atoms with Crippen LogP contribution in [0.5, 0.6) is 0 Å². The molecule has 0 fully saturated rings. The van der Waals surface area contributed by atoms with Gasteiger partial charge in [0.05, 0.1) is 0 Å². The van der Waals surface area contributed by atoms with Crippen molar-refractivity contribution in [2.24, 2.45) is 0 Å². The van der Waals surface area contributed by atoms with E-state index in [0.717, 1.165) is 0 Å². The SMILES string of the molecule is CO[Si]OC.Cc1ccccc1C. The van der Waals surface area contributed by atoms with Crippen LogP contribution in [0.2, 0.25) is 0 Å². The van der Waals surface area contributed by atoms with Crippen molar-refractivity contribution in [1.29, 1.82) is 0 Å². The van der Waals surface area contributed by atoms with E-state index < -0.39 is 0 Å². The second kappa shape index (κ2) is 7.98. The van der Waals surface area contributed by atoms with E-state index >= 15 is 0 Å². The maximum Gasteiger partial charge on any atom is 0.432 e. The normalized spacial score (nSPS) is 8.92. The first-order valence-corrected chi connectivity index (χ1v) is 4.87. The van der Waals surface area contributed by atoms with Gasteiger partial charge in [-0.2, -0.15) is 0 Å². The van der Waals surface area contributed by atoms with E-state index in [9.17, 15) is 0 Å². The van der Waals surface area contributed by atoms with Crippen LogP contribution in [0, 0.1) is 13.8 Å². The highest BCUT2D eigenvalue weighted by Gasteiger charge is 1.83. The summed E-state index contributed by atoms with van der Waals surface area (Å²) in [5.74, 6) is 0. The molecular weight excluding hydrogens is 180 g/mol. The fourth-order valence-corrected chi connectivity index (χ4v) is 0.913. The van der Waals surface area contributed by atoms with Crippen LogP contribution >= 0.6 is 0 Å². The average Bonchev–Trinajstić information content (AvgIpc) is 2.13. The molecule has 0 amide bonds. The molecule has 0 aliphatic carbocycles. The predicted molar refractivity (Wildman–Crippen MR) is 55.7 cm³/mol. The molecule has 2 nitrogen and oxygen atoms in total.